The molecule has 2 N–H and O–H groups in total. The third-order valence-electron chi connectivity index (χ3n) is 3.91. The average molecular weight is 407 g/mol. The van der Waals surface area contributed by atoms with Crippen LogP contribution in [0.5, 0.6) is 5.75 Å². The van der Waals surface area contributed by atoms with E-state index in [0.29, 0.717) is 6.54 Å². The van der Waals surface area contributed by atoms with Crippen LogP contribution in [0.25, 0.3) is 0 Å². The molecule has 2 aromatic rings. The largest absolute Gasteiger partial charge is 0.490 e. The Kier molecular flexibility index (Phi) is 7.07. The SMILES string of the molecule is COc1ccc(S(=O)(=O)NCCC(=O)NCc2ccc(C)cc2)cc1[N+](=O)[O-]. The number of nitrogens with one attached hydrogen (secondary N) is 2. The quantitative estimate of drug-likeness (QED) is 0.483. The smallest absolute Gasteiger partial charge is 0.312 e. The Bertz CT molecular complexity index is 958. The summed E-state index contributed by atoms with van der Waals surface area (Å²) in [7, 11) is -2.74. The van der Waals surface area contributed by atoms with E-state index in [9.17, 15) is 23.3 Å². The fraction of sp³-hybridized carbons (Fsp3) is 0.278. The second-order valence-corrected chi connectivity index (χ2v) is 7.77. The van der Waals surface area contributed by atoms with Crippen LogP contribution in [0.2, 0.25) is 0 Å². The zero-order valence-corrected chi connectivity index (χ0v) is 16.3. The van der Waals surface area contributed by atoms with E-state index in [1.807, 2.05) is 31.2 Å². The van der Waals surface area contributed by atoms with Crippen LogP contribution in [0.4, 0.5) is 5.69 Å². The lowest BCUT2D eigenvalue weighted by Gasteiger charge is -2.09. The van der Waals surface area contributed by atoms with E-state index < -0.39 is 20.6 Å². The van der Waals surface area contributed by atoms with Crippen molar-refractivity contribution in [1.29, 1.82) is 0 Å². The Labute approximate surface area is 162 Å². The van der Waals surface area contributed by atoms with Gasteiger partial charge in [0.1, 0.15) is 0 Å². The number of hydrogen-bond acceptors (Lipinski definition) is 6. The number of carbonyl (C=O) groups excluding carboxylic acids is 1. The number of amides is 1. The van der Waals surface area contributed by atoms with E-state index >= 15 is 0 Å². The summed E-state index contributed by atoms with van der Waals surface area (Å²) in [6, 6.07) is 11.0. The minimum atomic E-state index is -4.00. The molecule has 0 radical (unpaired) electrons. The van der Waals surface area contributed by atoms with Crippen molar-refractivity contribution in [2.75, 3.05) is 13.7 Å². The van der Waals surface area contributed by atoms with Gasteiger partial charge in [0.25, 0.3) is 0 Å². The van der Waals surface area contributed by atoms with E-state index in [0.717, 1.165) is 17.2 Å². The molecule has 2 aromatic carbocycles. The fourth-order valence-corrected chi connectivity index (χ4v) is 3.41. The van der Waals surface area contributed by atoms with Crippen molar-refractivity contribution in [2.45, 2.75) is 24.8 Å². The Hall–Kier alpha value is -2.98. The molecule has 10 heteroatoms. The van der Waals surface area contributed by atoms with Crippen LogP contribution in [-0.2, 0) is 21.4 Å². The molecule has 0 unspecified atom stereocenters. The molecule has 1 amide bonds. The normalized spacial score (nSPS) is 11.1. The van der Waals surface area contributed by atoms with Crippen molar-refractivity contribution < 1.29 is 22.9 Å². The van der Waals surface area contributed by atoms with Gasteiger partial charge < -0.3 is 10.1 Å². The van der Waals surface area contributed by atoms with E-state index in [-0.39, 0.29) is 29.5 Å². The summed E-state index contributed by atoms with van der Waals surface area (Å²) in [6.07, 6.45) is -0.0661. The second kappa shape index (κ2) is 9.29. The molecule has 0 bridgehead atoms. The predicted octanol–water partition coefficient (Wildman–Crippen LogP) is 1.90. The van der Waals surface area contributed by atoms with Gasteiger partial charge in [-0.05, 0) is 24.6 Å². The highest BCUT2D eigenvalue weighted by molar-refractivity contribution is 7.89. The number of hydrogen-bond donors (Lipinski definition) is 2. The molecule has 0 saturated heterocycles. The highest BCUT2D eigenvalue weighted by Gasteiger charge is 2.21. The van der Waals surface area contributed by atoms with Gasteiger partial charge >= 0.3 is 5.69 Å². The van der Waals surface area contributed by atoms with Gasteiger partial charge in [-0.15, -0.1) is 0 Å². The third-order valence-corrected chi connectivity index (χ3v) is 5.37. The number of ether oxygens (including phenoxy) is 1. The van der Waals surface area contributed by atoms with Crippen molar-refractivity contribution in [3.63, 3.8) is 0 Å². The van der Waals surface area contributed by atoms with Gasteiger partial charge in [-0.1, -0.05) is 29.8 Å². The zero-order valence-electron chi connectivity index (χ0n) is 15.5. The zero-order chi connectivity index (χ0) is 20.7. The fourth-order valence-electron chi connectivity index (χ4n) is 2.36. The van der Waals surface area contributed by atoms with Crippen molar-refractivity contribution in [3.05, 3.63) is 63.7 Å². The topological polar surface area (TPSA) is 128 Å². The van der Waals surface area contributed by atoms with Crippen LogP contribution < -0.4 is 14.8 Å². The predicted molar refractivity (Wildman–Crippen MR) is 102 cm³/mol. The molecule has 0 saturated carbocycles. The summed E-state index contributed by atoms with van der Waals surface area (Å²) in [4.78, 5) is 21.9. The summed E-state index contributed by atoms with van der Waals surface area (Å²) >= 11 is 0. The number of sulfonamides is 1. The minimum absolute atomic E-state index is 0.0422. The first-order valence-electron chi connectivity index (χ1n) is 8.37. The molecule has 0 heterocycles. The molecule has 0 aliphatic carbocycles. The number of nitro groups is 1. The Balaban J connectivity index is 1.90. The van der Waals surface area contributed by atoms with Gasteiger partial charge in [0.15, 0.2) is 5.75 Å². The minimum Gasteiger partial charge on any atom is -0.490 e. The number of aryl methyl sites for hydroxylation is 1. The summed E-state index contributed by atoms with van der Waals surface area (Å²) in [5, 5.41) is 13.7. The van der Waals surface area contributed by atoms with Crippen LogP contribution in [0.3, 0.4) is 0 Å². The summed E-state index contributed by atoms with van der Waals surface area (Å²) < 4.78 is 31.7. The molecule has 9 nitrogen and oxygen atoms in total. The lowest BCUT2D eigenvalue weighted by Crippen LogP contribution is -2.30. The molecule has 0 fully saturated rings. The molecule has 150 valence electrons. The summed E-state index contributed by atoms with van der Waals surface area (Å²) in [6.45, 7) is 2.17. The van der Waals surface area contributed by atoms with E-state index in [4.69, 9.17) is 4.74 Å². The Morgan fingerprint density at radius 3 is 2.46 bits per heavy atom. The van der Waals surface area contributed by atoms with Gasteiger partial charge in [0, 0.05) is 25.6 Å². The van der Waals surface area contributed by atoms with Crippen molar-refractivity contribution in [1.82, 2.24) is 10.0 Å². The number of carbonyl (C=O) groups is 1. The standard InChI is InChI=1S/C18H21N3O6S/c1-13-3-5-14(6-4-13)12-19-18(22)9-10-20-28(25,26)15-7-8-17(27-2)16(11-15)21(23)24/h3-8,11,20H,9-10,12H2,1-2H3,(H,19,22). The monoisotopic (exact) mass is 407 g/mol. The van der Waals surface area contributed by atoms with Gasteiger partial charge in [-0.3, -0.25) is 14.9 Å². The maximum absolute atomic E-state index is 12.3. The molecular formula is C18H21N3O6S. The first-order valence-corrected chi connectivity index (χ1v) is 9.85. The maximum Gasteiger partial charge on any atom is 0.312 e. The highest BCUT2D eigenvalue weighted by atomic mass is 32.2. The lowest BCUT2D eigenvalue weighted by atomic mass is 10.1. The van der Waals surface area contributed by atoms with E-state index in [1.165, 1.54) is 19.2 Å². The molecule has 0 aliphatic heterocycles. The average Bonchev–Trinajstić information content (AvgIpc) is 2.66. The first-order chi connectivity index (χ1) is 13.2. The Morgan fingerprint density at radius 2 is 1.86 bits per heavy atom. The van der Waals surface area contributed by atoms with Crippen molar-refractivity contribution in [3.8, 4) is 5.75 Å². The number of nitro benzene ring substituents is 1. The van der Waals surface area contributed by atoms with E-state index in [1.54, 1.807) is 0 Å². The molecular weight excluding hydrogens is 386 g/mol. The van der Waals surface area contributed by atoms with Crippen LogP contribution in [0.1, 0.15) is 17.5 Å². The van der Waals surface area contributed by atoms with Crippen molar-refractivity contribution in [2.24, 2.45) is 0 Å². The number of benzene rings is 2. The van der Waals surface area contributed by atoms with Crippen LogP contribution in [0.15, 0.2) is 47.4 Å². The molecule has 0 aliphatic rings. The maximum atomic E-state index is 12.3. The molecule has 28 heavy (non-hydrogen) atoms. The van der Waals surface area contributed by atoms with Crippen molar-refractivity contribution >= 4 is 21.6 Å². The number of rotatable bonds is 9. The third kappa shape index (κ3) is 5.76. The summed E-state index contributed by atoms with van der Waals surface area (Å²) in [5.41, 5.74) is 1.59. The summed E-state index contributed by atoms with van der Waals surface area (Å²) in [5.74, 6) is -0.358. The van der Waals surface area contributed by atoms with E-state index in [2.05, 4.69) is 10.0 Å². The van der Waals surface area contributed by atoms with Gasteiger partial charge in [-0.2, -0.15) is 0 Å². The molecule has 2 rings (SSSR count). The second-order valence-electron chi connectivity index (χ2n) is 6.00. The molecule has 0 aromatic heterocycles. The van der Waals surface area contributed by atoms with Gasteiger partial charge in [0.05, 0.1) is 16.9 Å². The highest BCUT2D eigenvalue weighted by Crippen LogP contribution is 2.29. The Morgan fingerprint density at radius 1 is 1.18 bits per heavy atom. The van der Waals surface area contributed by atoms with Crippen LogP contribution >= 0.6 is 0 Å². The number of methoxy groups -OCH3 is 1. The molecule has 0 atom stereocenters. The van der Waals surface area contributed by atoms with Gasteiger partial charge in [-0.25, -0.2) is 13.1 Å². The molecule has 0 spiro atoms. The van der Waals surface area contributed by atoms with Gasteiger partial charge in [0.2, 0.25) is 15.9 Å². The van der Waals surface area contributed by atoms with Crippen LogP contribution in [0, 0.1) is 17.0 Å². The lowest BCUT2D eigenvalue weighted by molar-refractivity contribution is -0.386. The van der Waals surface area contributed by atoms with Crippen LogP contribution in [-0.4, -0.2) is 32.9 Å². The number of nitrogens with zero attached hydrogens (tertiary/aromatic N) is 1. The first kappa shape index (κ1) is 21.3.